The summed E-state index contributed by atoms with van der Waals surface area (Å²) in [6.07, 6.45) is 0.519. The van der Waals surface area contributed by atoms with E-state index in [-0.39, 0.29) is 11.2 Å². The Kier molecular flexibility index (Phi) is 3.52. The zero-order valence-corrected chi connectivity index (χ0v) is 12.2. The Morgan fingerprint density at radius 1 is 1.14 bits per heavy atom. The second-order valence-electron chi connectivity index (χ2n) is 5.05. The van der Waals surface area contributed by atoms with Gasteiger partial charge in [0.05, 0.1) is 5.52 Å². The van der Waals surface area contributed by atoms with Gasteiger partial charge in [-0.3, -0.25) is 4.79 Å². The number of H-pyrrole nitrogens is 1. The molecule has 1 aromatic heterocycles. The smallest absolute Gasteiger partial charge is 0.193 e. The van der Waals surface area contributed by atoms with Crippen LogP contribution >= 0.6 is 11.6 Å². The van der Waals surface area contributed by atoms with Crippen molar-refractivity contribution in [1.82, 2.24) is 4.98 Å². The lowest BCUT2D eigenvalue weighted by atomic mass is 10.0. The van der Waals surface area contributed by atoms with Crippen molar-refractivity contribution in [2.24, 2.45) is 0 Å². The van der Waals surface area contributed by atoms with E-state index in [1.165, 1.54) is 18.2 Å². The molecule has 0 saturated carbocycles. The van der Waals surface area contributed by atoms with Crippen molar-refractivity contribution in [1.29, 1.82) is 0 Å². The van der Waals surface area contributed by atoms with E-state index in [2.05, 4.69) is 4.98 Å². The van der Waals surface area contributed by atoms with Gasteiger partial charge < -0.3 is 4.98 Å². The molecule has 0 bridgehead atoms. The third-order valence-electron chi connectivity index (χ3n) is 3.57. The SMILES string of the molecule is Cc1[nH]c2cc(F)ccc2c(=O)c1Cc1ccc(Cl)cc1. The molecule has 106 valence electrons. The van der Waals surface area contributed by atoms with Gasteiger partial charge in [-0.2, -0.15) is 0 Å². The highest BCUT2D eigenvalue weighted by atomic mass is 35.5. The van der Waals surface area contributed by atoms with Gasteiger partial charge in [-0.1, -0.05) is 23.7 Å². The number of aromatic nitrogens is 1. The Balaban J connectivity index is 2.12. The van der Waals surface area contributed by atoms with Crippen LogP contribution in [0.25, 0.3) is 10.9 Å². The van der Waals surface area contributed by atoms with E-state index in [0.717, 1.165) is 11.3 Å². The predicted octanol–water partition coefficient (Wildman–Crippen LogP) is 4.22. The van der Waals surface area contributed by atoms with Crippen molar-refractivity contribution in [2.45, 2.75) is 13.3 Å². The lowest BCUT2D eigenvalue weighted by molar-refractivity contribution is 0.629. The third-order valence-corrected chi connectivity index (χ3v) is 3.82. The van der Waals surface area contributed by atoms with Crippen LogP contribution in [0.3, 0.4) is 0 Å². The number of hydrogen-bond donors (Lipinski definition) is 1. The number of fused-ring (bicyclic) bond motifs is 1. The topological polar surface area (TPSA) is 32.9 Å². The maximum atomic E-state index is 13.3. The number of benzene rings is 2. The second-order valence-corrected chi connectivity index (χ2v) is 5.49. The second kappa shape index (κ2) is 5.34. The van der Waals surface area contributed by atoms with Crippen molar-refractivity contribution in [3.63, 3.8) is 0 Å². The first-order chi connectivity index (χ1) is 10.0. The predicted molar refractivity (Wildman–Crippen MR) is 83.5 cm³/mol. The molecular weight excluding hydrogens is 289 g/mol. The summed E-state index contributed by atoms with van der Waals surface area (Å²) >= 11 is 5.87. The van der Waals surface area contributed by atoms with Crippen LogP contribution in [0, 0.1) is 12.7 Å². The molecule has 3 rings (SSSR count). The van der Waals surface area contributed by atoms with E-state index in [9.17, 15) is 9.18 Å². The Hall–Kier alpha value is -2.13. The van der Waals surface area contributed by atoms with Gasteiger partial charge in [-0.05, 0) is 42.8 Å². The Morgan fingerprint density at radius 3 is 2.57 bits per heavy atom. The van der Waals surface area contributed by atoms with Gasteiger partial charge in [0.2, 0.25) is 0 Å². The van der Waals surface area contributed by atoms with Gasteiger partial charge in [-0.15, -0.1) is 0 Å². The zero-order chi connectivity index (χ0) is 15.0. The number of pyridine rings is 1. The minimum Gasteiger partial charge on any atom is -0.358 e. The van der Waals surface area contributed by atoms with Crippen molar-refractivity contribution in [3.8, 4) is 0 Å². The fraction of sp³-hybridized carbons (Fsp3) is 0.118. The number of nitrogens with one attached hydrogen (secondary N) is 1. The number of aryl methyl sites for hydroxylation is 1. The van der Waals surface area contributed by atoms with Crippen molar-refractivity contribution < 1.29 is 4.39 Å². The van der Waals surface area contributed by atoms with Crippen LogP contribution in [0.1, 0.15) is 16.8 Å². The van der Waals surface area contributed by atoms with Gasteiger partial charge >= 0.3 is 0 Å². The molecule has 3 aromatic rings. The molecule has 2 aromatic carbocycles. The van der Waals surface area contributed by atoms with E-state index >= 15 is 0 Å². The van der Waals surface area contributed by atoms with E-state index in [0.29, 0.717) is 27.9 Å². The Morgan fingerprint density at radius 2 is 1.86 bits per heavy atom. The molecule has 0 amide bonds. The van der Waals surface area contributed by atoms with E-state index in [4.69, 9.17) is 11.6 Å². The van der Waals surface area contributed by atoms with Crippen LogP contribution in [-0.4, -0.2) is 4.98 Å². The van der Waals surface area contributed by atoms with Crippen molar-refractivity contribution >= 4 is 22.5 Å². The molecule has 0 aliphatic heterocycles. The number of rotatable bonds is 2. The van der Waals surface area contributed by atoms with E-state index in [1.54, 1.807) is 12.1 Å². The van der Waals surface area contributed by atoms with Gasteiger partial charge in [0.25, 0.3) is 0 Å². The molecule has 0 radical (unpaired) electrons. The average Bonchev–Trinajstić information content (AvgIpc) is 2.45. The Labute approximate surface area is 126 Å². The normalized spacial score (nSPS) is 11.0. The highest BCUT2D eigenvalue weighted by Crippen LogP contribution is 2.17. The summed E-state index contributed by atoms with van der Waals surface area (Å²) in [5.41, 5.74) is 2.92. The molecule has 21 heavy (non-hydrogen) atoms. The lowest BCUT2D eigenvalue weighted by Crippen LogP contribution is -2.14. The summed E-state index contributed by atoms with van der Waals surface area (Å²) in [6, 6.07) is 11.6. The average molecular weight is 302 g/mol. The Bertz CT molecular complexity index is 868. The van der Waals surface area contributed by atoms with E-state index < -0.39 is 0 Å². The number of halogens is 2. The molecule has 0 saturated heterocycles. The minimum absolute atomic E-state index is 0.0591. The molecule has 0 aliphatic carbocycles. The molecule has 4 heteroatoms. The third kappa shape index (κ3) is 2.69. The summed E-state index contributed by atoms with van der Waals surface area (Å²) in [6.45, 7) is 1.83. The van der Waals surface area contributed by atoms with Gasteiger partial charge in [-0.25, -0.2) is 4.39 Å². The molecule has 0 unspecified atom stereocenters. The summed E-state index contributed by atoms with van der Waals surface area (Å²) in [5.74, 6) is -0.358. The van der Waals surface area contributed by atoms with Crippen LogP contribution in [0.2, 0.25) is 5.02 Å². The number of hydrogen-bond acceptors (Lipinski definition) is 1. The van der Waals surface area contributed by atoms with Crippen LogP contribution in [0.4, 0.5) is 4.39 Å². The van der Waals surface area contributed by atoms with Crippen molar-refractivity contribution in [3.05, 3.63) is 80.3 Å². The fourth-order valence-corrected chi connectivity index (χ4v) is 2.57. The summed E-state index contributed by atoms with van der Waals surface area (Å²) < 4.78 is 13.3. The first-order valence-corrected chi connectivity index (χ1v) is 6.98. The maximum Gasteiger partial charge on any atom is 0.193 e. The molecule has 0 aliphatic rings. The fourth-order valence-electron chi connectivity index (χ4n) is 2.45. The van der Waals surface area contributed by atoms with Crippen molar-refractivity contribution in [2.75, 3.05) is 0 Å². The molecule has 0 spiro atoms. The minimum atomic E-state index is -0.358. The maximum absolute atomic E-state index is 13.3. The first-order valence-electron chi connectivity index (χ1n) is 6.60. The van der Waals surface area contributed by atoms with Gasteiger partial charge in [0.1, 0.15) is 5.82 Å². The standard InChI is InChI=1S/C17H13ClFNO/c1-10-15(8-11-2-4-12(18)5-3-11)17(21)14-7-6-13(19)9-16(14)20-10/h2-7,9H,8H2,1H3,(H,20,21). The first kappa shape index (κ1) is 13.8. The summed E-state index contributed by atoms with van der Waals surface area (Å²) in [7, 11) is 0. The van der Waals surface area contributed by atoms with Crippen LogP contribution in [0.15, 0.2) is 47.3 Å². The van der Waals surface area contributed by atoms with E-state index in [1.807, 2.05) is 19.1 Å². The molecule has 2 nitrogen and oxygen atoms in total. The molecular formula is C17H13ClFNO. The summed E-state index contributed by atoms with van der Waals surface area (Å²) in [5, 5.41) is 1.17. The zero-order valence-electron chi connectivity index (χ0n) is 11.4. The van der Waals surface area contributed by atoms with Gasteiger partial charge in [0, 0.05) is 28.1 Å². The molecule has 0 atom stereocenters. The van der Waals surface area contributed by atoms with Gasteiger partial charge in [0.15, 0.2) is 5.43 Å². The van der Waals surface area contributed by atoms with Crippen LogP contribution in [-0.2, 0) is 6.42 Å². The highest BCUT2D eigenvalue weighted by molar-refractivity contribution is 6.30. The number of aromatic amines is 1. The quantitative estimate of drug-likeness (QED) is 0.755. The monoisotopic (exact) mass is 301 g/mol. The molecule has 1 heterocycles. The largest absolute Gasteiger partial charge is 0.358 e. The highest BCUT2D eigenvalue weighted by Gasteiger charge is 2.10. The molecule has 1 N–H and O–H groups in total. The molecule has 0 fully saturated rings. The van der Waals surface area contributed by atoms with Crippen LogP contribution < -0.4 is 5.43 Å². The summed E-state index contributed by atoms with van der Waals surface area (Å²) in [4.78, 5) is 15.7. The lowest BCUT2D eigenvalue weighted by Gasteiger charge is -2.08. The van der Waals surface area contributed by atoms with Crippen LogP contribution in [0.5, 0.6) is 0 Å².